The molecule has 1 aromatic heterocycles. The molecule has 1 atom stereocenters. The molecular weight excluding hydrogens is 132 g/mol. The second-order valence-electron chi connectivity index (χ2n) is 2.07. The first-order valence-electron chi connectivity index (χ1n) is 2.87. The van der Waals surface area contributed by atoms with Crippen molar-refractivity contribution in [2.45, 2.75) is 12.2 Å². The summed E-state index contributed by atoms with van der Waals surface area (Å²) >= 11 is 4.24. The maximum absolute atomic E-state index is 4.24. The van der Waals surface area contributed by atoms with E-state index in [0.717, 1.165) is 5.82 Å². The highest BCUT2D eigenvalue weighted by molar-refractivity contribution is 7.80. The molecule has 0 aromatic carbocycles. The summed E-state index contributed by atoms with van der Waals surface area (Å²) in [5, 5.41) is 0.227. The first-order chi connectivity index (χ1) is 4.22. The molecular formula is C6H10N2S. The lowest BCUT2D eigenvalue weighted by Gasteiger charge is -2.01. The quantitative estimate of drug-likeness (QED) is 0.587. The minimum atomic E-state index is 0.227. The second kappa shape index (κ2) is 2.43. The molecule has 0 fully saturated rings. The number of hydrogen-bond donors (Lipinski definition) is 1. The molecule has 0 saturated heterocycles. The van der Waals surface area contributed by atoms with E-state index in [2.05, 4.69) is 17.6 Å². The van der Waals surface area contributed by atoms with Gasteiger partial charge >= 0.3 is 0 Å². The molecule has 0 N–H and O–H groups in total. The zero-order chi connectivity index (χ0) is 6.85. The van der Waals surface area contributed by atoms with E-state index in [0.29, 0.717) is 0 Å². The normalized spacial score (nSPS) is 13.7. The van der Waals surface area contributed by atoms with Crippen molar-refractivity contribution in [1.29, 1.82) is 0 Å². The Morgan fingerprint density at radius 1 is 1.78 bits per heavy atom. The summed E-state index contributed by atoms with van der Waals surface area (Å²) in [6.45, 7) is 2.01. The highest BCUT2D eigenvalue weighted by Gasteiger charge is 2.02. The fourth-order valence-corrected chi connectivity index (χ4v) is 1.03. The van der Waals surface area contributed by atoms with Gasteiger partial charge in [-0.3, -0.25) is 0 Å². The van der Waals surface area contributed by atoms with Crippen molar-refractivity contribution in [3.8, 4) is 0 Å². The van der Waals surface area contributed by atoms with Crippen LogP contribution in [0.25, 0.3) is 0 Å². The van der Waals surface area contributed by atoms with Gasteiger partial charge in [0.2, 0.25) is 0 Å². The molecule has 1 heterocycles. The Labute approximate surface area is 60.3 Å². The Kier molecular flexibility index (Phi) is 1.81. The zero-order valence-electron chi connectivity index (χ0n) is 5.57. The van der Waals surface area contributed by atoms with E-state index < -0.39 is 0 Å². The van der Waals surface area contributed by atoms with Crippen molar-refractivity contribution in [1.82, 2.24) is 9.55 Å². The number of nitrogens with zero attached hydrogens (tertiary/aromatic N) is 2. The third-order valence-corrected chi connectivity index (χ3v) is 1.46. The average molecular weight is 142 g/mol. The summed E-state index contributed by atoms with van der Waals surface area (Å²) in [6, 6.07) is 0. The first kappa shape index (κ1) is 6.68. The molecule has 0 aliphatic heterocycles. The van der Waals surface area contributed by atoms with Crippen molar-refractivity contribution in [2.24, 2.45) is 7.05 Å². The fourth-order valence-electron chi connectivity index (χ4n) is 0.780. The van der Waals surface area contributed by atoms with Crippen LogP contribution in [0.1, 0.15) is 18.0 Å². The molecule has 0 spiro atoms. The van der Waals surface area contributed by atoms with Crippen LogP contribution in [0.4, 0.5) is 0 Å². The SMILES string of the molecule is C[C@H](S)c1nccn1C. The summed E-state index contributed by atoms with van der Waals surface area (Å²) in [5.74, 6) is 1.01. The number of rotatable bonds is 1. The molecule has 0 amide bonds. The van der Waals surface area contributed by atoms with Crippen LogP contribution in [-0.2, 0) is 7.05 Å². The monoisotopic (exact) mass is 142 g/mol. The molecule has 0 aliphatic rings. The molecule has 9 heavy (non-hydrogen) atoms. The van der Waals surface area contributed by atoms with Crippen LogP contribution in [-0.4, -0.2) is 9.55 Å². The smallest absolute Gasteiger partial charge is 0.120 e. The summed E-state index contributed by atoms with van der Waals surface area (Å²) in [7, 11) is 1.97. The highest BCUT2D eigenvalue weighted by Crippen LogP contribution is 2.14. The lowest BCUT2D eigenvalue weighted by molar-refractivity contribution is 0.800. The van der Waals surface area contributed by atoms with Crippen molar-refractivity contribution >= 4 is 12.6 Å². The third-order valence-electron chi connectivity index (χ3n) is 1.23. The van der Waals surface area contributed by atoms with Crippen LogP contribution in [0.2, 0.25) is 0 Å². The largest absolute Gasteiger partial charge is 0.337 e. The van der Waals surface area contributed by atoms with Gasteiger partial charge in [-0.05, 0) is 6.92 Å². The minimum Gasteiger partial charge on any atom is -0.337 e. The van der Waals surface area contributed by atoms with Gasteiger partial charge in [0.25, 0.3) is 0 Å². The molecule has 2 nitrogen and oxygen atoms in total. The molecule has 0 bridgehead atoms. The van der Waals surface area contributed by atoms with Gasteiger partial charge in [-0.15, -0.1) is 0 Å². The van der Waals surface area contributed by atoms with Crippen LogP contribution in [0, 0.1) is 0 Å². The predicted octanol–water partition coefficient (Wildman–Crippen LogP) is 1.41. The molecule has 0 radical (unpaired) electrons. The van der Waals surface area contributed by atoms with Gasteiger partial charge in [0, 0.05) is 19.4 Å². The van der Waals surface area contributed by atoms with E-state index in [9.17, 15) is 0 Å². The van der Waals surface area contributed by atoms with E-state index in [1.165, 1.54) is 0 Å². The zero-order valence-corrected chi connectivity index (χ0v) is 6.47. The molecule has 0 saturated carbocycles. The van der Waals surface area contributed by atoms with Gasteiger partial charge in [0.15, 0.2) is 0 Å². The van der Waals surface area contributed by atoms with Gasteiger partial charge in [0.1, 0.15) is 5.82 Å². The number of hydrogen-bond acceptors (Lipinski definition) is 2. The van der Waals surface area contributed by atoms with Crippen molar-refractivity contribution in [2.75, 3.05) is 0 Å². The van der Waals surface area contributed by atoms with Crippen molar-refractivity contribution < 1.29 is 0 Å². The standard InChI is InChI=1S/C6H10N2S/c1-5(9)6-7-3-4-8(6)2/h3-5,9H,1-2H3/t5-/m0/s1. The molecule has 0 unspecified atom stereocenters. The number of imidazole rings is 1. The highest BCUT2D eigenvalue weighted by atomic mass is 32.1. The van der Waals surface area contributed by atoms with E-state index in [1.54, 1.807) is 6.20 Å². The maximum atomic E-state index is 4.24. The Morgan fingerprint density at radius 3 is 2.67 bits per heavy atom. The molecule has 0 aliphatic carbocycles. The van der Waals surface area contributed by atoms with Gasteiger partial charge in [0.05, 0.1) is 5.25 Å². The second-order valence-corrected chi connectivity index (χ2v) is 2.85. The minimum absolute atomic E-state index is 0.227. The van der Waals surface area contributed by atoms with Crippen LogP contribution in [0.5, 0.6) is 0 Å². The Morgan fingerprint density at radius 2 is 2.44 bits per heavy atom. The molecule has 3 heteroatoms. The maximum Gasteiger partial charge on any atom is 0.120 e. The molecule has 1 rings (SSSR count). The third kappa shape index (κ3) is 1.27. The van der Waals surface area contributed by atoms with Crippen LogP contribution in [0.3, 0.4) is 0 Å². The van der Waals surface area contributed by atoms with E-state index >= 15 is 0 Å². The van der Waals surface area contributed by atoms with Gasteiger partial charge in [-0.2, -0.15) is 12.6 Å². The molecule has 50 valence electrons. The van der Waals surface area contributed by atoms with Gasteiger partial charge in [-0.25, -0.2) is 4.98 Å². The van der Waals surface area contributed by atoms with Crippen LogP contribution >= 0.6 is 12.6 Å². The summed E-state index contributed by atoms with van der Waals surface area (Å²) < 4.78 is 1.97. The predicted molar refractivity (Wildman–Crippen MR) is 40.6 cm³/mol. The lowest BCUT2D eigenvalue weighted by Crippen LogP contribution is -1.96. The van der Waals surface area contributed by atoms with Crippen molar-refractivity contribution in [3.63, 3.8) is 0 Å². The van der Waals surface area contributed by atoms with Gasteiger partial charge < -0.3 is 4.57 Å². The number of aromatic nitrogens is 2. The van der Waals surface area contributed by atoms with E-state index in [1.807, 2.05) is 24.7 Å². The van der Waals surface area contributed by atoms with E-state index in [4.69, 9.17) is 0 Å². The number of aryl methyl sites for hydroxylation is 1. The fraction of sp³-hybridized carbons (Fsp3) is 0.500. The Hall–Kier alpha value is -0.440. The Bertz CT molecular complexity index is 193. The van der Waals surface area contributed by atoms with Crippen LogP contribution < -0.4 is 0 Å². The topological polar surface area (TPSA) is 17.8 Å². The molecule has 1 aromatic rings. The lowest BCUT2D eigenvalue weighted by atomic mass is 10.4. The summed E-state index contributed by atoms with van der Waals surface area (Å²) in [5.41, 5.74) is 0. The average Bonchev–Trinajstić information content (AvgIpc) is 2.13. The Balaban J connectivity index is 2.94. The van der Waals surface area contributed by atoms with Crippen LogP contribution in [0.15, 0.2) is 12.4 Å². The van der Waals surface area contributed by atoms with Gasteiger partial charge in [-0.1, -0.05) is 0 Å². The number of thiol groups is 1. The summed E-state index contributed by atoms with van der Waals surface area (Å²) in [6.07, 6.45) is 3.70. The van der Waals surface area contributed by atoms with E-state index in [-0.39, 0.29) is 5.25 Å². The van der Waals surface area contributed by atoms with Crippen molar-refractivity contribution in [3.05, 3.63) is 18.2 Å². The summed E-state index contributed by atoms with van der Waals surface area (Å²) in [4.78, 5) is 4.10. The first-order valence-corrected chi connectivity index (χ1v) is 3.38.